The van der Waals surface area contributed by atoms with E-state index in [9.17, 15) is 19.5 Å². The number of ether oxygens (including phenoxy) is 5. The average Bonchev–Trinajstić information content (AvgIpc) is 3.46. The van der Waals surface area contributed by atoms with Gasteiger partial charge in [0.15, 0.2) is 17.3 Å². The molecule has 4 rings (SSSR count). The second kappa shape index (κ2) is 15.5. The van der Waals surface area contributed by atoms with E-state index >= 15 is 0 Å². The largest absolute Gasteiger partial charge is 0.497 e. The molecule has 0 aliphatic carbocycles. The van der Waals surface area contributed by atoms with Crippen LogP contribution in [0.1, 0.15) is 40.7 Å². The Bertz CT molecular complexity index is 1610. The highest BCUT2D eigenvalue weighted by Gasteiger charge is 2.22. The number of imidazole rings is 1. The van der Waals surface area contributed by atoms with Crippen LogP contribution in [-0.2, 0) is 32.2 Å². The lowest BCUT2D eigenvalue weighted by molar-refractivity contribution is -0.166. The van der Waals surface area contributed by atoms with Gasteiger partial charge in [-0.1, -0.05) is 42.0 Å². The fraction of sp³-hybridized carbons (Fsp3) is 0.294. The number of benzene rings is 3. The van der Waals surface area contributed by atoms with Crippen molar-refractivity contribution in [3.8, 4) is 28.5 Å². The molecule has 0 fully saturated rings. The zero-order chi connectivity index (χ0) is 32.3. The molecule has 11 nitrogen and oxygen atoms in total. The summed E-state index contributed by atoms with van der Waals surface area (Å²) in [5.41, 5.74) is 3.77. The Balaban J connectivity index is 1.44. The number of aromatic nitrogens is 2. The molecule has 1 atom stereocenters. The zero-order valence-corrected chi connectivity index (χ0v) is 25.6. The monoisotopic (exact) mass is 616 g/mol. The molecule has 45 heavy (non-hydrogen) atoms. The Morgan fingerprint density at radius 2 is 1.69 bits per heavy atom. The number of carbonyl (C=O) groups excluding carboxylic acids is 2. The molecule has 1 N–H and O–H groups in total. The number of rotatable bonds is 16. The number of esters is 1. The van der Waals surface area contributed by atoms with Gasteiger partial charge in [-0.25, -0.2) is 9.78 Å². The third kappa shape index (κ3) is 8.70. The van der Waals surface area contributed by atoms with Crippen LogP contribution >= 0.6 is 0 Å². The Kier molecular flexibility index (Phi) is 11.3. The molecular weight excluding hydrogens is 580 g/mol. The minimum Gasteiger partial charge on any atom is -0.497 e. The summed E-state index contributed by atoms with van der Waals surface area (Å²) in [4.78, 5) is 40.7. The first-order valence-corrected chi connectivity index (χ1v) is 14.3. The van der Waals surface area contributed by atoms with Gasteiger partial charge < -0.3 is 33.4 Å². The van der Waals surface area contributed by atoms with Crippen LogP contribution in [-0.4, -0.2) is 65.9 Å². The van der Waals surface area contributed by atoms with E-state index in [-0.39, 0.29) is 19.0 Å². The lowest BCUT2D eigenvalue weighted by Crippen LogP contribution is -2.30. The van der Waals surface area contributed by atoms with Crippen molar-refractivity contribution in [3.05, 3.63) is 95.4 Å². The number of nitrogens with zero attached hydrogens (tertiary/aromatic N) is 2. The predicted molar refractivity (Wildman–Crippen MR) is 165 cm³/mol. The van der Waals surface area contributed by atoms with Gasteiger partial charge in [0.25, 0.3) is 0 Å². The van der Waals surface area contributed by atoms with Crippen LogP contribution in [0, 0.1) is 6.92 Å². The summed E-state index contributed by atoms with van der Waals surface area (Å²) in [7, 11) is 3.11. The summed E-state index contributed by atoms with van der Waals surface area (Å²) in [6, 6.07) is 20.2. The van der Waals surface area contributed by atoms with Crippen LogP contribution in [0.15, 0.2) is 72.9 Å². The Morgan fingerprint density at radius 1 is 0.956 bits per heavy atom. The van der Waals surface area contributed by atoms with E-state index in [0.717, 1.165) is 23.8 Å². The maximum Gasteiger partial charge on any atom is 0.347 e. The van der Waals surface area contributed by atoms with E-state index in [4.69, 9.17) is 28.7 Å². The van der Waals surface area contributed by atoms with Crippen molar-refractivity contribution in [3.63, 3.8) is 0 Å². The lowest BCUT2D eigenvalue weighted by Gasteiger charge is -2.16. The number of ketones is 1. The zero-order valence-electron chi connectivity index (χ0n) is 25.6. The van der Waals surface area contributed by atoms with E-state index in [1.165, 1.54) is 7.11 Å². The van der Waals surface area contributed by atoms with Crippen LogP contribution < -0.4 is 14.2 Å². The molecule has 1 aromatic heterocycles. The molecular formula is C34H36N2O9. The Morgan fingerprint density at radius 3 is 2.33 bits per heavy atom. The molecule has 11 heteroatoms. The third-order valence-electron chi connectivity index (χ3n) is 6.86. The highest BCUT2D eigenvalue weighted by Crippen LogP contribution is 2.32. The fourth-order valence-electron chi connectivity index (χ4n) is 4.57. The fourth-order valence-corrected chi connectivity index (χ4v) is 4.57. The number of methoxy groups -OCH3 is 2. The summed E-state index contributed by atoms with van der Waals surface area (Å²) in [6.45, 7) is 3.57. The smallest absolute Gasteiger partial charge is 0.347 e. The van der Waals surface area contributed by atoms with Crippen molar-refractivity contribution in [2.45, 2.75) is 39.5 Å². The molecule has 0 aliphatic rings. The van der Waals surface area contributed by atoms with Gasteiger partial charge in [0.2, 0.25) is 11.9 Å². The number of para-hydroxylation sites is 1. The molecule has 0 aliphatic heterocycles. The van der Waals surface area contributed by atoms with Crippen molar-refractivity contribution in [2.75, 3.05) is 27.4 Å². The van der Waals surface area contributed by atoms with Gasteiger partial charge in [0, 0.05) is 36.4 Å². The molecule has 0 radical (unpaired) electrons. The first kappa shape index (κ1) is 32.7. The van der Waals surface area contributed by atoms with Gasteiger partial charge in [-0.2, -0.15) is 0 Å². The predicted octanol–water partition coefficient (Wildman–Crippen LogP) is 5.11. The van der Waals surface area contributed by atoms with E-state index in [1.54, 1.807) is 37.4 Å². The first-order chi connectivity index (χ1) is 21.7. The second-order valence-electron chi connectivity index (χ2n) is 10.2. The summed E-state index contributed by atoms with van der Waals surface area (Å²) >= 11 is 0. The van der Waals surface area contributed by atoms with Crippen LogP contribution in [0.25, 0.3) is 11.3 Å². The molecule has 236 valence electrons. The number of carboxylic acid groups (broad SMARTS) is 1. The summed E-state index contributed by atoms with van der Waals surface area (Å²) < 4.78 is 29.0. The van der Waals surface area contributed by atoms with E-state index in [0.29, 0.717) is 53.7 Å². The summed E-state index contributed by atoms with van der Waals surface area (Å²) in [5, 5.41) is 9.23. The van der Waals surface area contributed by atoms with Crippen molar-refractivity contribution >= 4 is 17.7 Å². The molecule has 4 aromatic rings. The van der Waals surface area contributed by atoms with E-state index in [2.05, 4.69) is 0 Å². The molecule has 0 saturated carbocycles. The Hall–Kier alpha value is -5.16. The average molecular weight is 617 g/mol. The maximum absolute atomic E-state index is 13.5. The van der Waals surface area contributed by atoms with Crippen molar-refractivity contribution in [1.29, 1.82) is 0 Å². The van der Waals surface area contributed by atoms with Crippen LogP contribution in [0.5, 0.6) is 17.2 Å². The highest BCUT2D eigenvalue weighted by molar-refractivity contribution is 6.07. The first-order valence-electron chi connectivity index (χ1n) is 14.3. The summed E-state index contributed by atoms with van der Waals surface area (Å²) in [6.07, 6.45) is 1.00. The van der Waals surface area contributed by atoms with Gasteiger partial charge in [-0.15, -0.1) is 0 Å². The molecule has 1 heterocycles. The number of hydrogen-bond donors (Lipinski definition) is 1. The van der Waals surface area contributed by atoms with Gasteiger partial charge in [0.1, 0.15) is 5.75 Å². The van der Waals surface area contributed by atoms with E-state index < -0.39 is 18.0 Å². The number of carboxylic acids is 1. The molecule has 0 amide bonds. The maximum atomic E-state index is 13.5. The number of aryl methyl sites for hydroxylation is 2. The van der Waals surface area contributed by atoms with Crippen molar-refractivity contribution in [1.82, 2.24) is 9.55 Å². The number of carbonyl (C=O) groups is 3. The van der Waals surface area contributed by atoms with Crippen LogP contribution in [0.4, 0.5) is 0 Å². The molecule has 0 spiro atoms. The van der Waals surface area contributed by atoms with Crippen LogP contribution in [0.3, 0.4) is 0 Å². The minimum absolute atomic E-state index is 0.0130. The normalized spacial score (nSPS) is 11.5. The van der Waals surface area contributed by atoms with Gasteiger partial charge in [-0.3, -0.25) is 9.59 Å². The highest BCUT2D eigenvalue weighted by atomic mass is 16.6. The molecule has 1 unspecified atom stereocenters. The standard InChI is InChI=1S/C34H36N2O9/c1-22-9-11-25(12-10-22)31(38)33-35-28(24-13-15-27(41-3)16-14-24)19-36(33)17-6-18-44-29-8-5-7-26(32(29)42-4)20-43-21-30(34(39)40)45-23(2)37/h5,7-16,19,30H,6,17-18,20-21H2,1-4H3,(H,39,40). The molecule has 0 saturated heterocycles. The van der Waals surface area contributed by atoms with E-state index in [1.807, 2.05) is 54.1 Å². The van der Waals surface area contributed by atoms with Gasteiger partial charge >= 0.3 is 11.9 Å². The lowest BCUT2D eigenvalue weighted by atomic mass is 10.1. The minimum atomic E-state index is -1.41. The number of hydrogen-bond acceptors (Lipinski definition) is 9. The van der Waals surface area contributed by atoms with Gasteiger partial charge in [0.05, 0.1) is 39.7 Å². The second-order valence-corrected chi connectivity index (χ2v) is 10.2. The van der Waals surface area contributed by atoms with Crippen LogP contribution in [0.2, 0.25) is 0 Å². The Labute approximate surface area is 261 Å². The molecule has 0 bridgehead atoms. The molecule has 3 aromatic carbocycles. The topological polar surface area (TPSA) is 135 Å². The quantitative estimate of drug-likeness (QED) is 0.103. The SMILES string of the molecule is COc1ccc(-c2cn(CCCOc3cccc(COCC(OC(C)=O)C(=O)O)c3OC)c(C(=O)c3ccc(C)cc3)n2)cc1. The van der Waals surface area contributed by atoms with Crippen molar-refractivity contribution < 1.29 is 43.2 Å². The third-order valence-corrected chi connectivity index (χ3v) is 6.86. The number of aliphatic carboxylic acids is 1. The summed E-state index contributed by atoms with van der Waals surface area (Å²) in [5.74, 6) is -0.210. The van der Waals surface area contributed by atoms with Crippen molar-refractivity contribution in [2.24, 2.45) is 0 Å². The van der Waals surface area contributed by atoms with Gasteiger partial charge in [-0.05, 0) is 43.7 Å².